The van der Waals surface area contributed by atoms with Gasteiger partial charge in [0, 0.05) is 42.8 Å². The van der Waals surface area contributed by atoms with E-state index in [1.54, 1.807) is 11.8 Å². The van der Waals surface area contributed by atoms with Crippen molar-refractivity contribution in [1.82, 2.24) is 5.32 Å². The van der Waals surface area contributed by atoms with Gasteiger partial charge in [-0.15, -0.1) is 11.3 Å². The number of rotatable bonds is 6. The van der Waals surface area contributed by atoms with E-state index >= 15 is 0 Å². The van der Waals surface area contributed by atoms with Crippen LogP contribution in [0.2, 0.25) is 0 Å². The number of carbonyl (C=O) groups excluding carboxylic acids is 3. The summed E-state index contributed by atoms with van der Waals surface area (Å²) in [7, 11) is 0. The normalized spacial score (nSPS) is 19.5. The molecule has 2 saturated carbocycles. The smallest absolute Gasteiger partial charge is 0.252 e. The zero-order valence-corrected chi connectivity index (χ0v) is 15.4. The Morgan fingerprint density at radius 3 is 2.60 bits per heavy atom. The van der Waals surface area contributed by atoms with E-state index in [4.69, 9.17) is 0 Å². The molecule has 3 aliphatic rings. The number of fused-ring (bicyclic) bond motifs is 1. The zero-order valence-electron chi connectivity index (χ0n) is 14.6. The summed E-state index contributed by atoms with van der Waals surface area (Å²) in [5.41, 5.74) is 1.65. The highest BCUT2D eigenvalue weighted by Crippen LogP contribution is 2.42. The minimum absolute atomic E-state index is 0.00667. The molecule has 1 aromatic rings. The predicted octanol–water partition coefficient (Wildman–Crippen LogP) is 2.71. The topological polar surface area (TPSA) is 66.5 Å². The van der Waals surface area contributed by atoms with Crippen LogP contribution in [0.25, 0.3) is 0 Å². The van der Waals surface area contributed by atoms with Gasteiger partial charge in [-0.3, -0.25) is 14.4 Å². The predicted molar refractivity (Wildman–Crippen MR) is 97.2 cm³/mol. The minimum Gasteiger partial charge on any atom is -0.352 e. The van der Waals surface area contributed by atoms with Gasteiger partial charge in [0.2, 0.25) is 5.91 Å². The Balaban J connectivity index is 1.65. The van der Waals surface area contributed by atoms with E-state index in [0.717, 1.165) is 47.7 Å². The lowest BCUT2D eigenvalue weighted by Gasteiger charge is -2.25. The Morgan fingerprint density at radius 1 is 1.20 bits per heavy atom. The molecule has 2 heterocycles. The molecule has 0 saturated heterocycles. The van der Waals surface area contributed by atoms with Crippen LogP contribution in [0.5, 0.6) is 0 Å². The van der Waals surface area contributed by atoms with Crippen LogP contribution in [0.3, 0.4) is 0 Å². The Bertz CT molecular complexity index is 731. The van der Waals surface area contributed by atoms with Gasteiger partial charge in [-0.2, -0.15) is 0 Å². The SMILES string of the molecule is CC(=O)N1CCCc2c1sc(CC(=O)C1CC1)c2C(=O)NCC1CC1. The molecule has 0 radical (unpaired) electrons. The molecule has 2 aliphatic carbocycles. The summed E-state index contributed by atoms with van der Waals surface area (Å²) >= 11 is 1.47. The highest BCUT2D eigenvalue weighted by molar-refractivity contribution is 7.17. The second-order valence-electron chi connectivity index (χ2n) is 7.53. The van der Waals surface area contributed by atoms with Crippen LogP contribution in [0, 0.1) is 11.8 Å². The molecule has 2 amide bonds. The molecule has 4 rings (SSSR count). The number of nitrogens with zero attached hydrogens (tertiary/aromatic N) is 1. The van der Waals surface area contributed by atoms with Crippen molar-refractivity contribution in [3.63, 3.8) is 0 Å². The number of amides is 2. The molecule has 0 bridgehead atoms. The van der Waals surface area contributed by atoms with Crippen LogP contribution in [0.15, 0.2) is 0 Å². The quantitative estimate of drug-likeness (QED) is 0.848. The van der Waals surface area contributed by atoms with Crippen molar-refractivity contribution in [2.75, 3.05) is 18.0 Å². The summed E-state index contributed by atoms with van der Waals surface area (Å²) in [6.45, 7) is 2.98. The first kappa shape index (κ1) is 16.8. The molecule has 134 valence electrons. The van der Waals surface area contributed by atoms with Gasteiger partial charge in [-0.25, -0.2) is 0 Å². The van der Waals surface area contributed by atoms with E-state index in [-0.39, 0.29) is 23.5 Å². The highest BCUT2D eigenvalue weighted by atomic mass is 32.1. The van der Waals surface area contributed by atoms with E-state index in [0.29, 0.717) is 24.4 Å². The lowest BCUT2D eigenvalue weighted by atomic mass is 9.99. The van der Waals surface area contributed by atoms with Gasteiger partial charge in [-0.1, -0.05) is 0 Å². The number of hydrogen-bond donors (Lipinski definition) is 1. The number of nitrogens with one attached hydrogen (secondary N) is 1. The monoisotopic (exact) mass is 360 g/mol. The second-order valence-corrected chi connectivity index (χ2v) is 8.61. The van der Waals surface area contributed by atoms with Gasteiger partial charge in [0.25, 0.3) is 5.91 Å². The van der Waals surface area contributed by atoms with Crippen LogP contribution in [0.1, 0.15) is 59.8 Å². The fourth-order valence-corrected chi connectivity index (χ4v) is 4.94. The van der Waals surface area contributed by atoms with E-state index in [9.17, 15) is 14.4 Å². The van der Waals surface area contributed by atoms with Gasteiger partial charge in [-0.05, 0) is 44.4 Å². The molecular formula is C19H24N2O3S. The van der Waals surface area contributed by atoms with Crippen LogP contribution >= 0.6 is 11.3 Å². The maximum absolute atomic E-state index is 12.9. The number of thiophene rings is 1. The maximum Gasteiger partial charge on any atom is 0.252 e. The molecule has 1 N–H and O–H groups in total. The van der Waals surface area contributed by atoms with Crippen molar-refractivity contribution in [3.8, 4) is 0 Å². The fourth-order valence-electron chi connectivity index (χ4n) is 3.51. The van der Waals surface area contributed by atoms with Gasteiger partial charge in [0.15, 0.2) is 0 Å². The Kier molecular flexibility index (Phi) is 4.40. The molecule has 0 spiro atoms. The molecule has 1 aliphatic heterocycles. The summed E-state index contributed by atoms with van der Waals surface area (Å²) in [6, 6.07) is 0. The first-order chi connectivity index (χ1) is 12.0. The lowest BCUT2D eigenvalue weighted by Crippen LogP contribution is -2.33. The highest BCUT2D eigenvalue weighted by Gasteiger charge is 2.35. The lowest BCUT2D eigenvalue weighted by molar-refractivity contribution is -0.119. The molecule has 5 nitrogen and oxygen atoms in total. The Hall–Kier alpha value is -1.69. The van der Waals surface area contributed by atoms with Crippen LogP contribution < -0.4 is 10.2 Å². The summed E-state index contributed by atoms with van der Waals surface area (Å²) in [5, 5.41) is 3.94. The third kappa shape index (κ3) is 3.50. The molecule has 0 unspecified atom stereocenters. The molecular weight excluding hydrogens is 336 g/mol. The molecule has 25 heavy (non-hydrogen) atoms. The van der Waals surface area contributed by atoms with Gasteiger partial charge >= 0.3 is 0 Å². The van der Waals surface area contributed by atoms with Crippen molar-refractivity contribution in [2.24, 2.45) is 11.8 Å². The number of hydrogen-bond acceptors (Lipinski definition) is 4. The summed E-state index contributed by atoms with van der Waals surface area (Å²) in [6.07, 6.45) is 6.33. The average Bonchev–Trinajstić information content (AvgIpc) is 3.48. The third-order valence-electron chi connectivity index (χ3n) is 5.34. The number of carbonyl (C=O) groups is 3. The van der Waals surface area contributed by atoms with E-state index < -0.39 is 0 Å². The largest absolute Gasteiger partial charge is 0.352 e. The molecule has 0 atom stereocenters. The molecule has 1 aromatic heterocycles. The van der Waals surface area contributed by atoms with Crippen LogP contribution in [-0.2, 0) is 22.4 Å². The zero-order chi connectivity index (χ0) is 17.6. The van der Waals surface area contributed by atoms with Crippen LogP contribution in [0.4, 0.5) is 5.00 Å². The summed E-state index contributed by atoms with van der Waals surface area (Å²) in [5.74, 6) is 0.985. The summed E-state index contributed by atoms with van der Waals surface area (Å²) < 4.78 is 0. The van der Waals surface area contributed by atoms with Crippen molar-refractivity contribution in [2.45, 2.75) is 51.9 Å². The Morgan fingerprint density at radius 2 is 1.96 bits per heavy atom. The van der Waals surface area contributed by atoms with Gasteiger partial charge < -0.3 is 10.2 Å². The van der Waals surface area contributed by atoms with E-state index in [1.165, 1.54) is 24.2 Å². The number of ketones is 1. The molecule has 0 aromatic carbocycles. The van der Waals surface area contributed by atoms with Gasteiger partial charge in [0.1, 0.15) is 10.8 Å². The standard InChI is InChI=1S/C19H24N2O3S/c1-11(22)21-8-2-3-14-17(18(24)20-10-12-4-5-12)16(25-19(14)21)9-15(23)13-6-7-13/h12-13H,2-10H2,1H3,(H,20,24). The van der Waals surface area contributed by atoms with E-state index in [2.05, 4.69) is 5.32 Å². The maximum atomic E-state index is 12.9. The van der Waals surface area contributed by atoms with Crippen molar-refractivity contribution in [3.05, 3.63) is 16.0 Å². The Labute approximate surface area is 151 Å². The third-order valence-corrected chi connectivity index (χ3v) is 6.59. The molecule has 6 heteroatoms. The number of anilines is 1. The van der Waals surface area contributed by atoms with Crippen molar-refractivity contribution >= 4 is 33.9 Å². The van der Waals surface area contributed by atoms with Gasteiger partial charge in [0.05, 0.1) is 5.56 Å². The first-order valence-corrected chi connectivity index (χ1v) is 10.1. The average molecular weight is 360 g/mol. The minimum atomic E-state index is -0.0617. The first-order valence-electron chi connectivity index (χ1n) is 9.28. The molecule has 2 fully saturated rings. The second kappa shape index (κ2) is 6.56. The number of Topliss-reactive ketones (excluding diaryl/α,β-unsaturated/α-hetero) is 1. The van der Waals surface area contributed by atoms with E-state index in [1.807, 2.05) is 0 Å². The van der Waals surface area contributed by atoms with Crippen molar-refractivity contribution in [1.29, 1.82) is 0 Å². The summed E-state index contributed by atoms with van der Waals surface area (Å²) in [4.78, 5) is 39.8. The van der Waals surface area contributed by atoms with Crippen LogP contribution in [-0.4, -0.2) is 30.7 Å². The van der Waals surface area contributed by atoms with Crippen molar-refractivity contribution < 1.29 is 14.4 Å². The fraction of sp³-hybridized carbons (Fsp3) is 0.632.